The van der Waals surface area contributed by atoms with Crippen LogP contribution >= 0.6 is 0 Å². The summed E-state index contributed by atoms with van der Waals surface area (Å²) in [5, 5.41) is 9.17. The molecule has 0 spiro atoms. The number of carbonyl (C=O) groups excluding carboxylic acids is 2. The van der Waals surface area contributed by atoms with Gasteiger partial charge in [-0.3, -0.25) is 9.78 Å². The van der Waals surface area contributed by atoms with Gasteiger partial charge in [0, 0.05) is 49.2 Å². The van der Waals surface area contributed by atoms with Gasteiger partial charge in [-0.05, 0) is 52.6 Å². The zero-order chi connectivity index (χ0) is 23.7. The predicted molar refractivity (Wildman–Crippen MR) is 131 cm³/mol. The van der Waals surface area contributed by atoms with Gasteiger partial charge in [-0.15, -0.1) is 0 Å². The summed E-state index contributed by atoms with van der Waals surface area (Å²) in [6.45, 7) is 3.54. The fourth-order valence-corrected chi connectivity index (χ4v) is 4.30. The molecule has 0 aliphatic carbocycles. The third-order valence-corrected chi connectivity index (χ3v) is 6.22. The molecule has 3 amide bonds. The second kappa shape index (κ2) is 8.97. The number of pyridine rings is 1. The molecule has 3 aromatic rings. The molecule has 2 aliphatic rings. The number of benzene rings is 2. The van der Waals surface area contributed by atoms with Crippen LogP contribution in [0.15, 0.2) is 72.1 Å². The van der Waals surface area contributed by atoms with Crippen molar-refractivity contribution >= 4 is 29.0 Å². The maximum Gasteiger partial charge on any atom is 0.322 e. The number of aromatic nitrogens is 1. The van der Waals surface area contributed by atoms with Gasteiger partial charge in [0.1, 0.15) is 0 Å². The Balaban J connectivity index is 1.27. The van der Waals surface area contributed by atoms with E-state index < -0.39 is 0 Å². The summed E-state index contributed by atoms with van der Waals surface area (Å²) in [7, 11) is 0. The summed E-state index contributed by atoms with van der Waals surface area (Å²) < 4.78 is 0. The first-order chi connectivity index (χ1) is 16.5. The third kappa shape index (κ3) is 4.47. The number of nitrogens with two attached hydrogens (primary N) is 1. The van der Waals surface area contributed by atoms with Crippen LogP contribution in [0.1, 0.15) is 35.6 Å². The fraction of sp³-hybridized carbons (Fsp3) is 0.231. The molecule has 5 rings (SSSR count). The Morgan fingerprint density at radius 1 is 1.06 bits per heavy atom. The number of urea groups is 1. The Morgan fingerprint density at radius 2 is 1.79 bits per heavy atom. The topological polar surface area (TPSA) is 104 Å². The zero-order valence-corrected chi connectivity index (χ0v) is 18.9. The van der Waals surface area contributed by atoms with E-state index >= 15 is 0 Å². The van der Waals surface area contributed by atoms with Crippen molar-refractivity contribution in [1.82, 2.24) is 14.9 Å². The first-order valence-electron chi connectivity index (χ1n) is 11.3. The highest BCUT2D eigenvalue weighted by Crippen LogP contribution is 2.25. The number of hydrogen-bond donors (Lipinski definition) is 2. The SMILES string of the molecule is CC1CC(=O)N(Cc2ccc(N)cc2)N=C1c1ccc(NC(=O)N2Cc3ccncc3C2)cc1. The second-order valence-corrected chi connectivity index (χ2v) is 8.79. The van der Waals surface area contributed by atoms with Crippen molar-refractivity contribution in [3.8, 4) is 0 Å². The van der Waals surface area contributed by atoms with Crippen LogP contribution in [0.4, 0.5) is 16.2 Å². The predicted octanol–water partition coefficient (Wildman–Crippen LogP) is 3.98. The van der Waals surface area contributed by atoms with Gasteiger partial charge in [0.15, 0.2) is 0 Å². The van der Waals surface area contributed by atoms with E-state index in [-0.39, 0.29) is 17.9 Å². The molecule has 3 N–H and O–H groups in total. The van der Waals surface area contributed by atoms with Crippen molar-refractivity contribution in [3.05, 3.63) is 89.2 Å². The smallest absolute Gasteiger partial charge is 0.322 e. The van der Waals surface area contributed by atoms with E-state index in [2.05, 4.69) is 15.4 Å². The van der Waals surface area contributed by atoms with Gasteiger partial charge in [0.05, 0.1) is 12.3 Å². The zero-order valence-electron chi connectivity index (χ0n) is 18.9. The molecule has 0 radical (unpaired) electrons. The minimum absolute atomic E-state index is 0.00114. The Bertz CT molecular complexity index is 1230. The first kappa shape index (κ1) is 21.6. The lowest BCUT2D eigenvalue weighted by molar-refractivity contribution is -0.133. The third-order valence-electron chi connectivity index (χ3n) is 6.22. The molecule has 0 fully saturated rings. The van der Waals surface area contributed by atoms with Crippen molar-refractivity contribution in [2.45, 2.75) is 33.0 Å². The Kier molecular flexibility index (Phi) is 5.71. The van der Waals surface area contributed by atoms with E-state index in [9.17, 15) is 9.59 Å². The van der Waals surface area contributed by atoms with Gasteiger partial charge in [-0.1, -0.05) is 31.2 Å². The molecule has 8 heteroatoms. The van der Waals surface area contributed by atoms with E-state index in [0.717, 1.165) is 28.0 Å². The molecule has 172 valence electrons. The lowest BCUT2D eigenvalue weighted by Gasteiger charge is -2.28. The minimum Gasteiger partial charge on any atom is -0.399 e. The van der Waals surface area contributed by atoms with E-state index in [0.29, 0.717) is 37.4 Å². The molecule has 3 heterocycles. The van der Waals surface area contributed by atoms with Crippen molar-refractivity contribution in [1.29, 1.82) is 0 Å². The molecule has 1 atom stereocenters. The first-order valence-corrected chi connectivity index (χ1v) is 11.3. The lowest BCUT2D eigenvalue weighted by Crippen LogP contribution is -2.35. The Hall–Kier alpha value is -4.20. The molecule has 34 heavy (non-hydrogen) atoms. The van der Waals surface area contributed by atoms with Gasteiger partial charge in [-0.25, -0.2) is 9.80 Å². The van der Waals surface area contributed by atoms with Crippen LogP contribution < -0.4 is 11.1 Å². The maximum absolute atomic E-state index is 12.7. The van der Waals surface area contributed by atoms with E-state index in [1.165, 1.54) is 5.01 Å². The van der Waals surface area contributed by atoms with Crippen LogP contribution in [0.25, 0.3) is 0 Å². The Morgan fingerprint density at radius 3 is 2.53 bits per heavy atom. The fourth-order valence-electron chi connectivity index (χ4n) is 4.30. The quantitative estimate of drug-likeness (QED) is 0.582. The summed E-state index contributed by atoms with van der Waals surface area (Å²) in [6.07, 6.45) is 3.96. The molecule has 2 aromatic carbocycles. The summed E-state index contributed by atoms with van der Waals surface area (Å²) in [5.74, 6) is 0.00564. The van der Waals surface area contributed by atoms with Crippen molar-refractivity contribution in [2.75, 3.05) is 11.1 Å². The molecule has 8 nitrogen and oxygen atoms in total. The normalized spacial score (nSPS) is 17.4. The number of nitrogen functional groups attached to an aromatic ring is 1. The van der Waals surface area contributed by atoms with Crippen LogP contribution in [0, 0.1) is 5.92 Å². The highest BCUT2D eigenvalue weighted by Gasteiger charge is 2.28. The number of nitrogens with zero attached hydrogens (tertiary/aromatic N) is 4. The van der Waals surface area contributed by atoms with Gasteiger partial charge < -0.3 is 16.0 Å². The number of fused-ring (bicyclic) bond motifs is 1. The van der Waals surface area contributed by atoms with Crippen molar-refractivity contribution < 1.29 is 9.59 Å². The molecule has 2 aliphatic heterocycles. The highest BCUT2D eigenvalue weighted by atomic mass is 16.2. The average Bonchev–Trinajstić information content (AvgIpc) is 3.27. The standard InChI is InChI=1S/C26H26N6O2/c1-17-12-24(33)32(14-18-2-6-22(27)7-3-18)30-25(17)19-4-8-23(9-5-19)29-26(34)31-15-20-10-11-28-13-21(20)16-31/h2-11,13,17H,12,14-16,27H2,1H3,(H,29,34). The van der Waals surface area contributed by atoms with Crippen LogP contribution in [0.5, 0.6) is 0 Å². The molecule has 0 bridgehead atoms. The molecular formula is C26H26N6O2. The Labute approximate surface area is 198 Å². The van der Waals surface area contributed by atoms with Crippen LogP contribution in [0.3, 0.4) is 0 Å². The second-order valence-electron chi connectivity index (χ2n) is 8.79. The number of carbonyl (C=O) groups is 2. The average molecular weight is 455 g/mol. The largest absolute Gasteiger partial charge is 0.399 e. The molecule has 0 saturated heterocycles. The number of rotatable bonds is 4. The van der Waals surface area contributed by atoms with Crippen molar-refractivity contribution in [3.63, 3.8) is 0 Å². The minimum atomic E-state index is -0.146. The van der Waals surface area contributed by atoms with Gasteiger partial charge in [-0.2, -0.15) is 5.10 Å². The summed E-state index contributed by atoms with van der Waals surface area (Å²) in [4.78, 5) is 31.2. The number of hydrazone groups is 1. The van der Waals surface area contributed by atoms with Crippen LogP contribution in [-0.4, -0.2) is 32.5 Å². The maximum atomic E-state index is 12.7. The molecule has 1 aromatic heterocycles. The summed E-state index contributed by atoms with van der Waals surface area (Å²) in [6, 6.07) is 16.9. The molecule has 0 saturated carbocycles. The van der Waals surface area contributed by atoms with Gasteiger partial charge >= 0.3 is 6.03 Å². The van der Waals surface area contributed by atoms with Crippen molar-refractivity contribution in [2.24, 2.45) is 11.0 Å². The van der Waals surface area contributed by atoms with Crippen LogP contribution in [0.2, 0.25) is 0 Å². The lowest BCUT2D eigenvalue weighted by atomic mass is 9.93. The highest BCUT2D eigenvalue weighted by molar-refractivity contribution is 6.06. The van der Waals surface area contributed by atoms with Gasteiger partial charge in [0.2, 0.25) is 5.91 Å². The number of amides is 3. The van der Waals surface area contributed by atoms with E-state index in [4.69, 9.17) is 5.73 Å². The summed E-state index contributed by atoms with van der Waals surface area (Å²) >= 11 is 0. The van der Waals surface area contributed by atoms with E-state index in [1.54, 1.807) is 11.1 Å². The van der Waals surface area contributed by atoms with E-state index in [1.807, 2.05) is 67.7 Å². The number of nitrogens with one attached hydrogen (secondary N) is 1. The van der Waals surface area contributed by atoms with Gasteiger partial charge in [0.25, 0.3) is 0 Å². The van der Waals surface area contributed by atoms with Crippen LogP contribution in [-0.2, 0) is 24.4 Å². The molecule has 1 unspecified atom stereocenters. The summed E-state index contributed by atoms with van der Waals surface area (Å²) in [5.41, 5.74) is 12.1. The monoisotopic (exact) mass is 454 g/mol. The number of anilines is 2. The number of hydrogen-bond acceptors (Lipinski definition) is 5. The molecular weight excluding hydrogens is 428 g/mol.